The summed E-state index contributed by atoms with van der Waals surface area (Å²) in [6, 6.07) is 11.5. The molecule has 134 valence electrons. The van der Waals surface area contributed by atoms with Gasteiger partial charge in [-0.05, 0) is 35.2 Å². The van der Waals surface area contributed by atoms with Gasteiger partial charge in [0.25, 0.3) is 0 Å². The van der Waals surface area contributed by atoms with Crippen molar-refractivity contribution in [2.75, 3.05) is 5.32 Å². The molecular formula is C20H18F2N2OS. The quantitative estimate of drug-likeness (QED) is 0.652. The molecule has 0 aliphatic carbocycles. The molecule has 1 heterocycles. The first-order valence-corrected chi connectivity index (χ1v) is 9.10. The van der Waals surface area contributed by atoms with Gasteiger partial charge < -0.3 is 5.32 Å². The summed E-state index contributed by atoms with van der Waals surface area (Å²) in [6.45, 7) is 4.24. The van der Waals surface area contributed by atoms with Gasteiger partial charge in [0.2, 0.25) is 5.91 Å². The Labute approximate surface area is 154 Å². The van der Waals surface area contributed by atoms with E-state index < -0.39 is 11.6 Å². The minimum absolute atomic E-state index is 0.173. The summed E-state index contributed by atoms with van der Waals surface area (Å²) in [6.07, 6.45) is 0.248. The summed E-state index contributed by atoms with van der Waals surface area (Å²) in [5.74, 6) is -1.55. The Hall–Kier alpha value is -2.60. The maximum Gasteiger partial charge on any atom is 0.230 e. The molecule has 3 rings (SSSR count). The molecule has 3 aromatic rings. The van der Waals surface area contributed by atoms with Gasteiger partial charge in [0.05, 0.1) is 12.1 Å². The van der Waals surface area contributed by atoms with E-state index in [0.29, 0.717) is 22.3 Å². The average Bonchev–Trinajstić information content (AvgIpc) is 3.06. The molecule has 1 aromatic heterocycles. The SMILES string of the molecule is CC(C)c1ccc(CC(=O)Nc2nc(-c3ccc(F)c(F)c3)cs2)cc1. The average molecular weight is 372 g/mol. The fourth-order valence-electron chi connectivity index (χ4n) is 2.49. The van der Waals surface area contributed by atoms with E-state index in [-0.39, 0.29) is 12.3 Å². The Kier molecular flexibility index (Phi) is 5.42. The van der Waals surface area contributed by atoms with Crippen molar-refractivity contribution in [2.24, 2.45) is 0 Å². The lowest BCUT2D eigenvalue weighted by Gasteiger charge is -2.06. The third-order valence-corrected chi connectivity index (χ3v) is 4.73. The maximum absolute atomic E-state index is 13.3. The highest BCUT2D eigenvalue weighted by Crippen LogP contribution is 2.26. The van der Waals surface area contributed by atoms with Crippen molar-refractivity contribution in [3.8, 4) is 11.3 Å². The van der Waals surface area contributed by atoms with Crippen LogP contribution in [0.1, 0.15) is 30.9 Å². The number of amides is 1. The number of nitrogens with one attached hydrogen (secondary N) is 1. The van der Waals surface area contributed by atoms with Crippen molar-refractivity contribution in [1.29, 1.82) is 0 Å². The first-order chi connectivity index (χ1) is 12.4. The second-order valence-electron chi connectivity index (χ2n) is 6.29. The highest BCUT2D eigenvalue weighted by molar-refractivity contribution is 7.14. The number of anilines is 1. The van der Waals surface area contributed by atoms with E-state index in [4.69, 9.17) is 0 Å². The standard InChI is InChI=1S/C20H18F2N2OS/c1-12(2)14-5-3-13(4-6-14)9-19(25)24-20-23-18(11-26-20)15-7-8-16(21)17(22)10-15/h3-8,10-12H,9H2,1-2H3,(H,23,24,25). The Bertz CT molecular complexity index is 920. The topological polar surface area (TPSA) is 42.0 Å². The molecule has 0 aliphatic rings. The Morgan fingerprint density at radius 2 is 1.85 bits per heavy atom. The monoisotopic (exact) mass is 372 g/mol. The summed E-state index contributed by atoms with van der Waals surface area (Å²) in [7, 11) is 0. The summed E-state index contributed by atoms with van der Waals surface area (Å²) < 4.78 is 26.4. The molecule has 0 unspecified atom stereocenters. The van der Waals surface area contributed by atoms with Crippen LogP contribution in [0.2, 0.25) is 0 Å². The number of nitrogens with zero attached hydrogens (tertiary/aromatic N) is 1. The summed E-state index contributed by atoms with van der Waals surface area (Å²) >= 11 is 1.24. The van der Waals surface area contributed by atoms with Gasteiger partial charge in [-0.25, -0.2) is 13.8 Å². The van der Waals surface area contributed by atoms with Gasteiger partial charge in [0, 0.05) is 10.9 Å². The number of carbonyl (C=O) groups is 1. The van der Waals surface area contributed by atoms with Gasteiger partial charge in [-0.15, -0.1) is 11.3 Å². The normalized spacial score (nSPS) is 11.0. The zero-order valence-corrected chi connectivity index (χ0v) is 15.2. The van der Waals surface area contributed by atoms with Gasteiger partial charge in [-0.1, -0.05) is 38.1 Å². The van der Waals surface area contributed by atoms with Crippen molar-refractivity contribution in [1.82, 2.24) is 4.98 Å². The van der Waals surface area contributed by atoms with Gasteiger partial charge in [0.15, 0.2) is 16.8 Å². The van der Waals surface area contributed by atoms with E-state index in [0.717, 1.165) is 17.7 Å². The number of rotatable bonds is 5. The Morgan fingerprint density at radius 3 is 2.50 bits per heavy atom. The molecule has 0 aliphatic heterocycles. The van der Waals surface area contributed by atoms with Crippen LogP contribution in [0.4, 0.5) is 13.9 Å². The van der Waals surface area contributed by atoms with Crippen molar-refractivity contribution >= 4 is 22.4 Å². The largest absolute Gasteiger partial charge is 0.302 e. The molecule has 0 spiro atoms. The fraction of sp³-hybridized carbons (Fsp3) is 0.200. The number of benzene rings is 2. The van der Waals surface area contributed by atoms with Crippen molar-refractivity contribution in [3.05, 3.63) is 70.6 Å². The van der Waals surface area contributed by atoms with Crippen molar-refractivity contribution in [2.45, 2.75) is 26.2 Å². The number of hydrogen-bond donors (Lipinski definition) is 1. The van der Waals surface area contributed by atoms with Gasteiger partial charge in [-0.2, -0.15) is 0 Å². The van der Waals surface area contributed by atoms with Crippen LogP contribution in [0.5, 0.6) is 0 Å². The van der Waals surface area contributed by atoms with Crippen LogP contribution in [0.25, 0.3) is 11.3 Å². The molecule has 0 bridgehead atoms. The van der Waals surface area contributed by atoms with Gasteiger partial charge in [0.1, 0.15) is 0 Å². The van der Waals surface area contributed by atoms with E-state index in [1.54, 1.807) is 5.38 Å². The number of halogens is 2. The molecule has 0 saturated heterocycles. The van der Waals surface area contributed by atoms with E-state index in [2.05, 4.69) is 24.1 Å². The van der Waals surface area contributed by atoms with Crippen LogP contribution in [0.15, 0.2) is 47.8 Å². The van der Waals surface area contributed by atoms with E-state index in [1.807, 2.05) is 24.3 Å². The second kappa shape index (κ2) is 7.74. The van der Waals surface area contributed by atoms with E-state index in [9.17, 15) is 13.6 Å². The van der Waals surface area contributed by atoms with Crippen LogP contribution in [0, 0.1) is 11.6 Å². The summed E-state index contributed by atoms with van der Waals surface area (Å²) in [5, 5.41) is 4.86. The summed E-state index contributed by atoms with van der Waals surface area (Å²) in [4.78, 5) is 16.5. The zero-order valence-electron chi connectivity index (χ0n) is 14.4. The third kappa shape index (κ3) is 4.32. The molecule has 26 heavy (non-hydrogen) atoms. The summed E-state index contributed by atoms with van der Waals surface area (Å²) in [5.41, 5.74) is 3.10. The first kappa shape index (κ1) is 18.2. The minimum atomic E-state index is -0.925. The molecule has 1 N–H and O–H groups in total. The van der Waals surface area contributed by atoms with Crippen molar-refractivity contribution < 1.29 is 13.6 Å². The third-order valence-electron chi connectivity index (χ3n) is 3.98. The lowest BCUT2D eigenvalue weighted by Crippen LogP contribution is -2.14. The maximum atomic E-state index is 13.3. The highest BCUT2D eigenvalue weighted by Gasteiger charge is 2.11. The number of aromatic nitrogens is 1. The molecule has 0 saturated carbocycles. The smallest absolute Gasteiger partial charge is 0.230 e. The molecular weight excluding hydrogens is 354 g/mol. The Morgan fingerprint density at radius 1 is 1.12 bits per heavy atom. The first-order valence-electron chi connectivity index (χ1n) is 8.22. The predicted molar refractivity (Wildman–Crippen MR) is 100 cm³/mol. The minimum Gasteiger partial charge on any atom is -0.302 e. The van der Waals surface area contributed by atoms with Crippen LogP contribution in [-0.4, -0.2) is 10.9 Å². The Balaban J connectivity index is 1.64. The molecule has 2 aromatic carbocycles. The van der Waals surface area contributed by atoms with E-state index >= 15 is 0 Å². The molecule has 3 nitrogen and oxygen atoms in total. The fourth-order valence-corrected chi connectivity index (χ4v) is 3.22. The van der Waals surface area contributed by atoms with Crippen LogP contribution >= 0.6 is 11.3 Å². The van der Waals surface area contributed by atoms with Crippen molar-refractivity contribution in [3.63, 3.8) is 0 Å². The van der Waals surface area contributed by atoms with Gasteiger partial charge in [-0.3, -0.25) is 4.79 Å². The van der Waals surface area contributed by atoms with E-state index in [1.165, 1.54) is 23.0 Å². The molecule has 6 heteroatoms. The molecule has 0 fully saturated rings. The lowest BCUT2D eigenvalue weighted by molar-refractivity contribution is -0.115. The molecule has 1 amide bonds. The van der Waals surface area contributed by atoms with Crippen LogP contribution in [0.3, 0.4) is 0 Å². The molecule has 0 atom stereocenters. The molecule has 0 radical (unpaired) electrons. The predicted octanol–water partition coefficient (Wildman–Crippen LogP) is 5.39. The zero-order chi connectivity index (χ0) is 18.7. The number of carbonyl (C=O) groups excluding carboxylic acids is 1. The van der Waals surface area contributed by atoms with Gasteiger partial charge >= 0.3 is 0 Å². The second-order valence-corrected chi connectivity index (χ2v) is 7.15. The number of hydrogen-bond acceptors (Lipinski definition) is 3. The number of thiazole rings is 1. The van der Waals surface area contributed by atoms with Crippen LogP contribution < -0.4 is 5.32 Å². The van der Waals surface area contributed by atoms with Crippen LogP contribution in [-0.2, 0) is 11.2 Å². The lowest BCUT2D eigenvalue weighted by atomic mass is 10.0. The highest BCUT2D eigenvalue weighted by atomic mass is 32.1.